The minimum absolute atomic E-state index is 0.339. The van der Waals surface area contributed by atoms with Crippen LogP contribution in [0.15, 0.2) is 10.2 Å². The molecule has 2 heterocycles. The summed E-state index contributed by atoms with van der Waals surface area (Å²) in [7, 11) is 0. The second-order valence-corrected chi connectivity index (χ2v) is 3.00. The van der Waals surface area contributed by atoms with Gasteiger partial charge in [0.05, 0.1) is 25.5 Å². The smallest absolute Gasteiger partial charge is 0.430 e. The molecule has 16 heavy (non-hydrogen) atoms. The standard InChI is InChI=1S/C8H10N4O4/c13-7-11(3-5-15-7)9-1-2-10-12-4-6-16-8(12)14/h1-2H,3-6H2. The van der Waals surface area contributed by atoms with E-state index in [-0.39, 0.29) is 0 Å². The predicted octanol–water partition coefficient (Wildman–Crippen LogP) is -0.138. The fourth-order valence-electron chi connectivity index (χ4n) is 1.20. The third-order valence-electron chi connectivity index (χ3n) is 1.96. The van der Waals surface area contributed by atoms with Crippen LogP contribution >= 0.6 is 0 Å². The maximum Gasteiger partial charge on any atom is 0.430 e. The van der Waals surface area contributed by atoms with Crippen LogP contribution in [0.1, 0.15) is 0 Å². The molecule has 2 saturated heterocycles. The minimum Gasteiger partial charge on any atom is -0.446 e. The van der Waals surface area contributed by atoms with E-state index in [0.29, 0.717) is 26.3 Å². The summed E-state index contributed by atoms with van der Waals surface area (Å²) in [5, 5.41) is 9.94. The molecule has 0 saturated carbocycles. The summed E-state index contributed by atoms with van der Waals surface area (Å²) in [6.45, 7) is 1.53. The van der Waals surface area contributed by atoms with E-state index in [1.165, 1.54) is 22.4 Å². The summed E-state index contributed by atoms with van der Waals surface area (Å²) in [6, 6.07) is 0. The SMILES string of the molecule is O=C1OCCN1N=CC=NN1CCOC1=O. The van der Waals surface area contributed by atoms with Gasteiger partial charge in [-0.2, -0.15) is 20.2 Å². The number of carbonyl (C=O) groups is 2. The van der Waals surface area contributed by atoms with Crippen LogP contribution in [0, 0.1) is 0 Å². The maximum absolute atomic E-state index is 10.9. The second kappa shape index (κ2) is 4.60. The molecule has 0 aromatic carbocycles. The van der Waals surface area contributed by atoms with Crippen molar-refractivity contribution in [3.05, 3.63) is 0 Å². The lowest BCUT2D eigenvalue weighted by Gasteiger charge is -2.03. The zero-order valence-electron chi connectivity index (χ0n) is 8.40. The minimum atomic E-state index is -0.481. The largest absolute Gasteiger partial charge is 0.446 e. The summed E-state index contributed by atoms with van der Waals surface area (Å²) >= 11 is 0. The number of hydrogen-bond acceptors (Lipinski definition) is 6. The number of nitrogens with zero attached hydrogens (tertiary/aromatic N) is 4. The molecule has 2 aliphatic heterocycles. The second-order valence-electron chi connectivity index (χ2n) is 3.00. The molecule has 0 spiro atoms. The van der Waals surface area contributed by atoms with Gasteiger partial charge in [0.15, 0.2) is 0 Å². The van der Waals surface area contributed by atoms with Gasteiger partial charge in [-0.25, -0.2) is 9.59 Å². The average molecular weight is 226 g/mol. The lowest BCUT2D eigenvalue weighted by atomic mass is 10.7. The van der Waals surface area contributed by atoms with Gasteiger partial charge in [0.25, 0.3) is 0 Å². The van der Waals surface area contributed by atoms with E-state index in [1.54, 1.807) is 0 Å². The number of hydrazone groups is 2. The summed E-state index contributed by atoms with van der Waals surface area (Å²) < 4.78 is 9.31. The van der Waals surface area contributed by atoms with E-state index < -0.39 is 12.2 Å². The third-order valence-corrected chi connectivity index (χ3v) is 1.96. The Bertz CT molecular complexity index is 320. The molecule has 8 nitrogen and oxygen atoms in total. The maximum atomic E-state index is 10.9. The Labute approximate surface area is 91.1 Å². The fourth-order valence-corrected chi connectivity index (χ4v) is 1.20. The van der Waals surface area contributed by atoms with E-state index in [2.05, 4.69) is 19.7 Å². The highest BCUT2D eigenvalue weighted by Gasteiger charge is 2.21. The third kappa shape index (κ3) is 2.27. The first-order chi connectivity index (χ1) is 7.77. The molecule has 2 amide bonds. The molecule has 2 aliphatic rings. The number of carbonyl (C=O) groups excluding carboxylic acids is 2. The van der Waals surface area contributed by atoms with Gasteiger partial charge in [-0.3, -0.25) is 0 Å². The first-order valence-corrected chi connectivity index (χ1v) is 4.72. The Morgan fingerprint density at radius 1 is 0.938 bits per heavy atom. The molecule has 0 aromatic rings. The monoisotopic (exact) mass is 226 g/mol. The van der Waals surface area contributed by atoms with Gasteiger partial charge in [-0.05, 0) is 0 Å². The van der Waals surface area contributed by atoms with Crippen molar-refractivity contribution in [3.63, 3.8) is 0 Å². The van der Waals surface area contributed by atoms with Crippen LogP contribution in [0.3, 0.4) is 0 Å². The molecule has 0 N–H and O–H groups in total. The molecule has 8 heteroatoms. The highest BCUT2D eigenvalue weighted by molar-refractivity contribution is 6.16. The van der Waals surface area contributed by atoms with Crippen molar-refractivity contribution in [1.29, 1.82) is 0 Å². The van der Waals surface area contributed by atoms with Gasteiger partial charge < -0.3 is 9.47 Å². The molecular formula is C8H10N4O4. The molecule has 0 atom stereocenters. The van der Waals surface area contributed by atoms with Crippen LogP contribution < -0.4 is 0 Å². The lowest BCUT2D eigenvalue weighted by Crippen LogP contribution is -2.19. The van der Waals surface area contributed by atoms with Gasteiger partial charge >= 0.3 is 12.2 Å². The highest BCUT2D eigenvalue weighted by Crippen LogP contribution is 2.03. The quantitative estimate of drug-likeness (QED) is 0.627. The van der Waals surface area contributed by atoms with Crippen LogP contribution in [0.25, 0.3) is 0 Å². The Morgan fingerprint density at radius 3 is 1.69 bits per heavy atom. The molecule has 2 rings (SSSR count). The van der Waals surface area contributed by atoms with Gasteiger partial charge in [-0.1, -0.05) is 0 Å². The number of cyclic esters (lactones) is 2. The van der Waals surface area contributed by atoms with Crippen molar-refractivity contribution in [3.8, 4) is 0 Å². The molecule has 2 fully saturated rings. The zero-order valence-corrected chi connectivity index (χ0v) is 8.40. The lowest BCUT2D eigenvalue weighted by molar-refractivity contribution is 0.158. The van der Waals surface area contributed by atoms with Gasteiger partial charge in [0.2, 0.25) is 0 Å². The van der Waals surface area contributed by atoms with Gasteiger partial charge in [-0.15, -0.1) is 0 Å². The first-order valence-electron chi connectivity index (χ1n) is 4.72. The fraction of sp³-hybridized carbons (Fsp3) is 0.500. The number of hydrogen-bond donors (Lipinski definition) is 0. The predicted molar refractivity (Wildman–Crippen MR) is 53.1 cm³/mol. The van der Waals surface area contributed by atoms with Gasteiger partial charge in [0, 0.05) is 0 Å². The molecule has 0 aromatic heterocycles. The number of rotatable bonds is 3. The zero-order chi connectivity index (χ0) is 11.4. The first kappa shape index (κ1) is 10.4. The molecule has 0 bridgehead atoms. The Hall–Kier alpha value is -2.12. The molecule has 0 unspecified atom stereocenters. The van der Waals surface area contributed by atoms with E-state index in [0.717, 1.165) is 0 Å². The molecule has 0 radical (unpaired) electrons. The van der Waals surface area contributed by atoms with Crippen molar-refractivity contribution >= 4 is 24.6 Å². The van der Waals surface area contributed by atoms with E-state index in [4.69, 9.17) is 0 Å². The Kier molecular flexibility index (Phi) is 2.99. The number of ether oxygens (including phenoxy) is 2. The van der Waals surface area contributed by atoms with E-state index in [1.807, 2.05) is 0 Å². The van der Waals surface area contributed by atoms with Gasteiger partial charge in [0.1, 0.15) is 13.2 Å². The van der Waals surface area contributed by atoms with Crippen LogP contribution in [-0.4, -0.2) is 60.9 Å². The van der Waals surface area contributed by atoms with Crippen LogP contribution in [0.2, 0.25) is 0 Å². The van der Waals surface area contributed by atoms with Crippen LogP contribution in [0.5, 0.6) is 0 Å². The topological polar surface area (TPSA) is 83.8 Å². The number of amides is 2. The average Bonchev–Trinajstić information content (AvgIpc) is 2.84. The molecule has 0 aliphatic carbocycles. The van der Waals surface area contributed by atoms with E-state index in [9.17, 15) is 9.59 Å². The van der Waals surface area contributed by atoms with Crippen molar-refractivity contribution in [2.24, 2.45) is 10.2 Å². The Morgan fingerprint density at radius 2 is 1.38 bits per heavy atom. The summed E-state index contributed by atoms with van der Waals surface area (Å²) in [5.74, 6) is 0. The van der Waals surface area contributed by atoms with Crippen molar-refractivity contribution in [1.82, 2.24) is 10.0 Å². The van der Waals surface area contributed by atoms with Crippen molar-refractivity contribution in [2.75, 3.05) is 26.3 Å². The highest BCUT2D eigenvalue weighted by atomic mass is 16.6. The summed E-state index contributed by atoms with van der Waals surface area (Å²) in [5.41, 5.74) is 0. The van der Waals surface area contributed by atoms with Crippen molar-refractivity contribution in [2.45, 2.75) is 0 Å². The summed E-state index contributed by atoms with van der Waals surface area (Å²) in [4.78, 5) is 21.9. The Balaban J connectivity index is 1.82. The summed E-state index contributed by atoms with van der Waals surface area (Å²) in [6.07, 6.45) is 1.67. The van der Waals surface area contributed by atoms with Crippen LogP contribution in [0.4, 0.5) is 9.59 Å². The molecular weight excluding hydrogens is 216 g/mol. The van der Waals surface area contributed by atoms with E-state index >= 15 is 0 Å². The van der Waals surface area contributed by atoms with Crippen molar-refractivity contribution < 1.29 is 19.1 Å². The van der Waals surface area contributed by atoms with Crippen LogP contribution in [-0.2, 0) is 9.47 Å². The molecule has 86 valence electrons. The normalized spacial score (nSPS) is 21.2.